The Morgan fingerprint density at radius 3 is 2.72 bits per heavy atom. The zero-order valence-electron chi connectivity index (χ0n) is 13.8. The number of aromatic nitrogens is 3. The summed E-state index contributed by atoms with van der Waals surface area (Å²) in [5, 5.41) is 1.02. The van der Waals surface area contributed by atoms with Gasteiger partial charge in [0.1, 0.15) is 30.3 Å². The highest BCUT2D eigenvalue weighted by Gasteiger charge is 2.08. The molecule has 0 saturated heterocycles. The van der Waals surface area contributed by atoms with E-state index >= 15 is 0 Å². The van der Waals surface area contributed by atoms with Crippen molar-refractivity contribution in [1.29, 1.82) is 0 Å². The Morgan fingerprint density at radius 2 is 1.88 bits per heavy atom. The fraction of sp³-hybridized carbons (Fsp3) is 0.158. The van der Waals surface area contributed by atoms with E-state index in [1.165, 1.54) is 0 Å². The second-order valence-corrected chi connectivity index (χ2v) is 5.63. The van der Waals surface area contributed by atoms with Gasteiger partial charge in [-0.15, -0.1) is 0 Å². The minimum atomic E-state index is 0.494. The quantitative estimate of drug-likeness (QED) is 0.607. The number of hydrogen-bond acceptors (Lipinski definition) is 5. The molecule has 4 aromatic rings. The van der Waals surface area contributed by atoms with E-state index in [1.807, 2.05) is 53.1 Å². The molecule has 0 atom stereocenters. The van der Waals surface area contributed by atoms with Crippen molar-refractivity contribution in [3.63, 3.8) is 0 Å². The van der Waals surface area contributed by atoms with Gasteiger partial charge in [0.25, 0.3) is 0 Å². The Kier molecular flexibility index (Phi) is 3.95. The van der Waals surface area contributed by atoms with Gasteiger partial charge in [0.05, 0.1) is 23.7 Å². The van der Waals surface area contributed by atoms with E-state index in [0.717, 1.165) is 39.3 Å². The minimum Gasteiger partial charge on any atom is -0.497 e. The number of imidazole rings is 1. The number of hydrogen-bond donors (Lipinski definition) is 1. The van der Waals surface area contributed by atoms with Gasteiger partial charge in [-0.1, -0.05) is 0 Å². The normalized spacial score (nSPS) is 11.1. The summed E-state index contributed by atoms with van der Waals surface area (Å²) in [5.74, 6) is 2.40. The maximum Gasteiger partial charge on any atom is 0.139 e. The van der Waals surface area contributed by atoms with Crippen LogP contribution < -0.4 is 15.2 Å². The number of nitrogens with two attached hydrogens (primary N) is 1. The van der Waals surface area contributed by atoms with E-state index in [9.17, 15) is 0 Å². The van der Waals surface area contributed by atoms with E-state index in [0.29, 0.717) is 13.2 Å². The summed E-state index contributed by atoms with van der Waals surface area (Å²) in [5.41, 5.74) is 8.22. The van der Waals surface area contributed by atoms with Crippen LogP contribution in [0.2, 0.25) is 0 Å². The smallest absolute Gasteiger partial charge is 0.139 e. The summed E-state index contributed by atoms with van der Waals surface area (Å²) in [6.07, 6.45) is 1.77. The monoisotopic (exact) mass is 334 g/mol. The van der Waals surface area contributed by atoms with Gasteiger partial charge in [0, 0.05) is 18.0 Å². The molecule has 0 unspecified atom stereocenters. The first kappa shape index (κ1) is 15.4. The molecule has 2 aromatic carbocycles. The van der Waals surface area contributed by atoms with Gasteiger partial charge in [-0.3, -0.25) is 4.57 Å². The summed E-state index contributed by atoms with van der Waals surface area (Å²) in [4.78, 5) is 9.19. The number of methoxy groups -OCH3 is 1. The van der Waals surface area contributed by atoms with Gasteiger partial charge >= 0.3 is 0 Å². The third kappa shape index (κ3) is 2.88. The fourth-order valence-corrected chi connectivity index (χ4v) is 2.80. The van der Waals surface area contributed by atoms with E-state index in [-0.39, 0.29) is 0 Å². The molecule has 0 aliphatic carbocycles. The average molecular weight is 334 g/mol. The standard InChI is InChI=1S/C19H18N4O2/c1-24-14-4-6-18-17(11-14)21-12-23(18)19-7-2-13-10-15(25-9-8-20)3-5-16(13)22-19/h2-7,10-12H,8-9,20H2,1H3. The predicted octanol–water partition coefficient (Wildman–Crippen LogP) is 2.92. The van der Waals surface area contributed by atoms with Crippen LogP contribution in [0.5, 0.6) is 11.5 Å². The number of nitrogens with zero attached hydrogens (tertiary/aromatic N) is 3. The van der Waals surface area contributed by atoms with Crippen molar-refractivity contribution in [2.45, 2.75) is 0 Å². The molecule has 0 aliphatic heterocycles. The van der Waals surface area contributed by atoms with Crippen molar-refractivity contribution in [3.05, 3.63) is 54.9 Å². The first-order valence-electron chi connectivity index (χ1n) is 8.03. The van der Waals surface area contributed by atoms with Gasteiger partial charge < -0.3 is 15.2 Å². The summed E-state index contributed by atoms with van der Waals surface area (Å²) < 4.78 is 12.8. The average Bonchev–Trinajstić information content (AvgIpc) is 3.08. The van der Waals surface area contributed by atoms with Crippen LogP contribution in [0.25, 0.3) is 27.8 Å². The molecule has 2 heterocycles. The second kappa shape index (κ2) is 6.41. The molecule has 2 aromatic heterocycles. The van der Waals surface area contributed by atoms with Gasteiger partial charge in [-0.25, -0.2) is 9.97 Å². The Labute approximate surface area is 144 Å². The van der Waals surface area contributed by atoms with Crippen molar-refractivity contribution in [3.8, 4) is 17.3 Å². The molecule has 0 fully saturated rings. The van der Waals surface area contributed by atoms with Gasteiger partial charge in [-0.05, 0) is 42.5 Å². The first-order valence-corrected chi connectivity index (χ1v) is 8.03. The molecule has 6 heteroatoms. The summed E-state index contributed by atoms with van der Waals surface area (Å²) in [6, 6.07) is 15.6. The van der Waals surface area contributed by atoms with Gasteiger partial charge in [0.15, 0.2) is 0 Å². The number of fused-ring (bicyclic) bond motifs is 2. The highest BCUT2D eigenvalue weighted by Crippen LogP contribution is 2.24. The molecule has 0 spiro atoms. The van der Waals surface area contributed by atoms with E-state index < -0.39 is 0 Å². The largest absolute Gasteiger partial charge is 0.497 e. The predicted molar refractivity (Wildman–Crippen MR) is 97.5 cm³/mol. The van der Waals surface area contributed by atoms with Crippen LogP contribution >= 0.6 is 0 Å². The van der Waals surface area contributed by atoms with Crippen molar-refractivity contribution in [1.82, 2.24) is 14.5 Å². The minimum absolute atomic E-state index is 0.494. The Morgan fingerprint density at radius 1 is 1.00 bits per heavy atom. The molecule has 6 nitrogen and oxygen atoms in total. The van der Waals surface area contributed by atoms with Crippen LogP contribution in [0, 0.1) is 0 Å². The Balaban J connectivity index is 1.74. The van der Waals surface area contributed by atoms with Crippen LogP contribution in [0.4, 0.5) is 0 Å². The Bertz CT molecular complexity index is 1040. The van der Waals surface area contributed by atoms with Crippen molar-refractivity contribution in [2.75, 3.05) is 20.3 Å². The van der Waals surface area contributed by atoms with Crippen LogP contribution in [0.3, 0.4) is 0 Å². The lowest BCUT2D eigenvalue weighted by Gasteiger charge is -2.08. The van der Waals surface area contributed by atoms with E-state index in [2.05, 4.69) is 4.98 Å². The molecular formula is C19H18N4O2. The topological polar surface area (TPSA) is 75.2 Å². The molecule has 0 bridgehead atoms. The van der Waals surface area contributed by atoms with Crippen LogP contribution in [0.1, 0.15) is 0 Å². The molecule has 0 amide bonds. The van der Waals surface area contributed by atoms with Crippen molar-refractivity contribution >= 4 is 21.9 Å². The van der Waals surface area contributed by atoms with Crippen molar-refractivity contribution in [2.24, 2.45) is 5.73 Å². The molecule has 0 saturated carbocycles. The van der Waals surface area contributed by atoms with E-state index in [1.54, 1.807) is 13.4 Å². The zero-order chi connectivity index (χ0) is 17.2. The van der Waals surface area contributed by atoms with Gasteiger partial charge in [-0.2, -0.15) is 0 Å². The van der Waals surface area contributed by atoms with E-state index in [4.69, 9.17) is 20.2 Å². The number of rotatable bonds is 5. The lowest BCUT2D eigenvalue weighted by atomic mass is 10.2. The third-order valence-electron chi connectivity index (χ3n) is 4.03. The molecule has 126 valence electrons. The number of ether oxygens (including phenoxy) is 2. The number of pyridine rings is 1. The Hall–Kier alpha value is -3.12. The fourth-order valence-electron chi connectivity index (χ4n) is 2.80. The lowest BCUT2D eigenvalue weighted by Crippen LogP contribution is -2.10. The van der Waals surface area contributed by atoms with Gasteiger partial charge in [0.2, 0.25) is 0 Å². The molecular weight excluding hydrogens is 316 g/mol. The maximum absolute atomic E-state index is 5.57. The van der Waals surface area contributed by atoms with Crippen LogP contribution in [-0.4, -0.2) is 34.8 Å². The summed E-state index contributed by atoms with van der Waals surface area (Å²) in [6.45, 7) is 0.995. The maximum atomic E-state index is 5.57. The first-order chi connectivity index (χ1) is 12.3. The molecule has 4 rings (SSSR count). The molecule has 2 N–H and O–H groups in total. The molecule has 0 aliphatic rings. The lowest BCUT2D eigenvalue weighted by molar-refractivity contribution is 0.329. The van der Waals surface area contributed by atoms with Crippen LogP contribution in [-0.2, 0) is 0 Å². The zero-order valence-corrected chi connectivity index (χ0v) is 13.8. The molecule has 25 heavy (non-hydrogen) atoms. The highest BCUT2D eigenvalue weighted by atomic mass is 16.5. The van der Waals surface area contributed by atoms with Crippen molar-refractivity contribution < 1.29 is 9.47 Å². The SMILES string of the molecule is COc1ccc2c(c1)ncn2-c1ccc2cc(OCCN)ccc2n1. The summed E-state index contributed by atoms with van der Waals surface area (Å²) >= 11 is 0. The molecule has 0 radical (unpaired) electrons. The highest BCUT2D eigenvalue weighted by molar-refractivity contribution is 5.83. The third-order valence-corrected chi connectivity index (χ3v) is 4.03. The summed E-state index contributed by atoms with van der Waals surface area (Å²) in [7, 11) is 1.65. The van der Waals surface area contributed by atoms with Crippen LogP contribution in [0.15, 0.2) is 54.9 Å². The second-order valence-electron chi connectivity index (χ2n) is 5.63. The number of benzene rings is 2.